The van der Waals surface area contributed by atoms with Crippen molar-refractivity contribution in [2.24, 2.45) is 5.73 Å². The summed E-state index contributed by atoms with van der Waals surface area (Å²) in [5.74, 6) is 0.744. The molecule has 5 heteroatoms. The number of nitrogens with two attached hydrogens (primary N) is 1. The molecular weight excluding hydrogens is 264 g/mol. The highest BCUT2D eigenvalue weighted by Crippen LogP contribution is 2.14. The first-order valence-corrected chi connectivity index (χ1v) is 6.43. The molecule has 0 bridgehead atoms. The molecule has 1 saturated heterocycles. The van der Waals surface area contributed by atoms with Gasteiger partial charge in [-0.05, 0) is 31.9 Å². The van der Waals surface area contributed by atoms with Crippen LogP contribution in [-0.4, -0.2) is 36.0 Å². The summed E-state index contributed by atoms with van der Waals surface area (Å²) in [6, 6.07) is 9.51. The molecule has 2 rings (SSSR count). The van der Waals surface area contributed by atoms with E-state index < -0.39 is 6.10 Å². The van der Waals surface area contributed by atoms with Gasteiger partial charge in [0.2, 0.25) is 0 Å². The van der Waals surface area contributed by atoms with Crippen LogP contribution in [0.3, 0.4) is 0 Å². The fraction of sp³-hybridized carbons (Fsp3) is 0.500. The summed E-state index contributed by atoms with van der Waals surface area (Å²) in [5.41, 5.74) is 5.88. The fourth-order valence-corrected chi connectivity index (χ4v) is 2.22. The van der Waals surface area contributed by atoms with Gasteiger partial charge >= 0.3 is 0 Å². The van der Waals surface area contributed by atoms with Crippen LogP contribution >= 0.6 is 12.4 Å². The molecule has 0 radical (unpaired) electrons. The number of hydrogen-bond acceptors (Lipinski definition) is 3. The second-order valence-electron chi connectivity index (χ2n) is 4.76. The molecule has 1 aromatic rings. The minimum atomic E-state index is -0.460. The van der Waals surface area contributed by atoms with Crippen molar-refractivity contribution in [3.05, 3.63) is 30.3 Å². The van der Waals surface area contributed by atoms with Gasteiger partial charge in [0.05, 0.1) is 0 Å². The third kappa shape index (κ3) is 4.40. The molecule has 0 aromatic heterocycles. The van der Waals surface area contributed by atoms with Crippen molar-refractivity contribution < 1.29 is 9.53 Å². The zero-order chi connectivity index (χ0) is 13.0. The Morgan fingerprint density at radius 3 is 2.74 bits per heavy atom. The maximum absolute atomic E-state index is 12.2. The number of para-hydroxylation sites is 1. The van der Waals surface area contributed by atoms with Crippen LogP contribution in [0.5, 0.6) is 5.75 Å². The number of hydrogen-bond donors (Lipinski definition) is 1. The Balaban J connectivity index is 0.00000180. The zero-order valence-corrected chi connectivity index (χ0v) is 11.9. The smallest absolute Gasteiger partial charge is 0.263 e. The van der Waals surface area contributed by atoms with E-state index in [1.54, 1.807) is 6.92 Å². The largest absolute Gasteiger partial charge is 0.481 e. The summed E-state index contributed by atoms with van der Waals surface area (Å²) in [4.78, 5) is 14.0. The van der Waals surface area contributed by atoms with Crippen molar-refractivity contribution in [2.45, 2.75) is 31.9 Å². The Morgan fingerprint density at radius 2 is 2.11 bits per heavy atom. The lowest BCUT2D eigenvalue weighted by Gasteiger charge is -2.32. The van der Waals surface area contributed by atoms with E-state index in [0.29, 0.717) is 6.54 Å². The molecule has 1 heterocycles. The van der Waals surface area contributed by atoms with Crippen LogP contribution in [0.1, 0.15) is 19.8 Å². The van der Waals surface area contributed by atoms with Crippen molar-refractivity contribution in [3.8, 4) is 5.75 Å². The van der Waals surface area contributed by atoms with Gasteiger partial charge in [0.25, 0.3) is 5.91 Å². The second-order valence-corrected chi connectivity index (χ2v) is 4.76. The van der Waals surface area contributed by atoms with Crippen LogP contribution in [0.4, 0.5) is 0 Å². The van der Waals surface area contributed by atoms with Gasteiger partial charge in [0.1, 0.15) is 5.75 Å². The number of carbonyl (C=O) groups excluding carboxylic acids is 1. The van der Waals surface area contributed by atoms with Crippen molar-refractivity contribution in [1.82, 2.24) is 4.90 Å². The van der Waals surface area contributed by atoms with Crippen LogP contribution < -0.4 is 10.5 Å². The molecule has 1 aliphatic rings. The lowest BCUT2D eigenvalue weighted by atomic mass is 10.1. The number of amides is 1. The van der Waals surface area contributed by atoms with Gasteiger partial charge in [-0.25, -0.2) is 0 Å². The molecule has 2 atom stereocenters. The highest BCUT2D eigenvalue weighted by Gasteiger charge is 2.26. The minimum Gasteiger partial charge on any atom is -0.481 e. The van der Waals surface area contributed by atoms with Crippen molar-refractivity contribution in [3.63, 3.8) is 0 Å². The monoisotopic (exact) mass is 284 g/mol. The normalized spacial score (nSPS) is 20.3. The standard InChI is InChI=1S/C14H20N2O2.ClH/c1-11(18-13-7-3-2-4-8-13)14(17)16-9-5-6-12(15)10-16;/h2-4,7-8,11-12H,5-6,9-10,15H2,1H3;1H. The van der Waals surface area contributed by atoms with Gasteiger partial charge < -0.3 is 15.4 Å². The maximum atomic E-state index is 12.2. The van der Waals surface area contributed by atoms with Gasteiger partial charge in [-0.2, -0.15) is 0 Å². The van der Waals surface area contributed by atoms with E-state index in [1.807, 2.05) is 35.2 Å². The first-order chi connectivity index (χ1) is 8.66. The Kier molecular flexibility index (Phi) is 6.12. The number of halogens is 1. The van der Waals surface area contributed by atoms with Crippen LogP contribution in [0.25, 0.3) is 0 Å². The van der Waals surface area contributed by atoms with E-state index in [2.05, 4.69) is 0 Å². The summed E-state index contributed by atoms with van der Waals surface area (Å²) in [6.07, 6.45) is 1.51. The van der Waals surface area contributed by atoms with Crippen LogP contribution in [0.2, 0.25) is 0 Å². The number of ether oxygens (including phenoxy) is 1. The Morgan fingerprint density at radius 1 is 1.42 bits per heavy atom. The van der Waals surface area contributed by atoms with E-state index in [0.717, 1.165) is 25.1 Å². The van der Waals surface area contributed by atoms with E-state index in [4.69, 9.17) is 10.5 Å². The van der Waals surface area contributed by atoms with E-state index in [9.17, 15) is 4.79 Å². The topological polar surface area (TPSA) is 55.6 Å². The highest BCUT2D eigenvalue weighted by molar-refractivity contribution is 5.85. The third-order valence-corrected chi connectivity index (χ3v) is 3.17. The van der Waals surface area contributed by atoms with Gasteiger partial charge in [-0.15, -0.1) is 12.4 Å². The lowest BCUT2D eigenvalue weighted by molar-refractivity contribution is -0.139. The second kappa shape index (κ2) is 7.36. The first-order valence-electron chi connectivity index (χ1n) is 6.43. The number of piperidine rings is 1. The van der Waals surface area contributed by atoms with Crippen LogP contribution in [-0.2, 0) is 4.79 Å². The predicted molar refractivity (Wildman–Crippen MR) is 77.6 cm³/mol. The minimum absolute atomic E-state index is 0. The molecule has 0 aliphatic carbocycles. The third-order valence-electron chi connectivity index (χ3n) is 3.17. The first kappa shape index (κ1) is 15.8. The summed E-state index contributed by atoms with van der Waals surface area (Å²) in [7, 11) is 0. The molecule has 4 nitrogen and oxygen atoms in total. The van der Waals surface area contributed by atoms with Gasteiger partial charge in [-0.3, -0.25) is 4.79 Å². The lowest BCUT2D eigenvalue weighted by Crippen LogP contribution is -2.49. The van der Waals surface area contributed by atoms with Crippen molar-refractivity contribution in [2.75, 3.05) is 13.1 Å². The van der Waals surface area contributed by atoms with Crippen molar-refractivity contribution in [1.29, 1.82) is 0 Å². The molecule has 0 spiro atoms. The number of nitrogens with zero attached hydrogens (tertiary/aromatic N) is 1. The average molecular weight is 285 g/mol. The Bertz CT molecular complexity index is 400. The van der Waals surface area contributed by atoms with Crippen LogP contribution in [0.15, 0.2) is 30.3 Å². The van der Waals surface area contributed by atoms with Crippen molar-refractivity contribution >= 4 is 18.3 Å². The molecule has 106 valence electrons. The SMILES string of the molecule is CC(Oc1ccccc1)C(=O)N1CCCC(N)C1.Cl. The van der Waals surface area contributed by atoms with Crippen LogP contribution in [0, 0.1) is 0 Å². The van der Waals surface area contributed by atoms with E-state index in [-0.39, 0.29) is 24.4 Å². The van der Waals surface area contributed by atoms with Gasteiger partial charge in [0, 0.05) is 19.1 Å². The fourth-order valence-electron chi connectivity index (χ4n) is 2.22. The molecule has 0 saturated carbocycles. The summed E-state index contributed by atoms with van der Waals surface area (Å²) >= 11 is 0. The zero-order valence-electron chi connectivity index (χ0n) is 11.1. The number of likely N-dealkylation sites (tertiary alicyclic amines) is 1. The summed E-state index contributed by atoms with van der Waals surface area (Å²) in [6.45, 7) is 3.21. The summed E-state index contributed by atoms with van der Waals surface area (Å²) < 4.78 is 5.63. The Hall–Kier alpha value is -1.26. The van der Waals surface area contributed by atoms with E-state index in [1.165, 1.54) is 0 Å². The molecule has 1 fully saturated rings. The number of rotatable bonds is 3. The van der Waals surface area contributed by atoms with E-state index >= 15 is 0 Å². The average Bonchev–Trinajstić information content (AvgIpc) is 2.39. The molecule has 1 aliphatic heterocycles. The quantitative estimate of drug-likeness (QED) is 0.921. The molecule has 1 amide bonds. The number of benzene rings is 1. The highest BCUT2D eigenvalue weighted by atomic mass is 35.5. The molecule has 1 aromatic carbocycles. The molecule has 2 N–H and O–H groups in total. The summed E-state index contributed by atoms with van der Waals surface area (Å²) in [5, 5.41) is 0. The maximum Gasteiger partial charge on any atom is 0.263 e. The van der Waals surface area contributed by atoms with Gasteiger partial charge in [0.15, 0.2) is 6.10 Å². The molecule has 19 heavy (non-hydrogen) atoms. The molecule has 2 unspecified atom stereocenters. The van der Waals surface area contributed by atoms with Gasteiger partial charge in [-0.1, -0.05) is 18.2 Å². The Labute approximate surface area is 120 Å². The number of carbonyl (C=O) groups is 1. The predicted octanol–water partition coefficient (Wildman–Crippen LogP) is 1.83. The molecular formula is C14H21ClN2O2.